The quantitative estimate of drug-likeness (QED) is 0.597. The van der Waals surface area contributed by atoms with E-state index in [0.29, 0.717) is 6.42 Å². The molecule has 1 rings (SSSR count). The molecule has 14 heavy (non-hydrogen) atoms. The molecule has 4 nitrogen and oxygen atoms in total. The Morgan fingerprint density at radius 3 is 2.79 bits per heavy atom. The number of benzene rings is 1. The maximum atomic E-state index is 12.8. The van der Waals surface area contributed by atoms with Crippen LogP contribution in [0.3, 0.4) is 0 Å². The Morgan fingerprint density at radius 2 is 2.29 bits per heavy atom. The van der Waals surface area contributed by atoms with Gasteiger partial charge in [-0.2, -0.15) is 0 Å². The Morgan fingerprint density at radius 1 is 1.64 bits per heavy atom. The van der Waals surface area contributed by atoms with Crippen LogP contribution in [0.2, 0.25) is 0 Å². The fraction of sp³-hybridized carbons (Fsp3) is 0.333. The Balaban J connectivity index is 3.22. The van der Waals surface area contributed by atoms with Gasteiger partial charge in [0.05, 0.1) is 4.92 Å². The highest BCUT2D eigenvalue weighted by molar-refractivity contribution is 5.42. The second kappa shape index (κ2) is 4.15. The smallest absolute Gasteiger partial charge is 0.274 e. The zero-order valence-corrected chi connectivity index (χ0v) is 7.74. The molecule has 0 unspecified atom stereocenters. The van der Waals surface area contributed by atoms with Gasteiger partial charge in [-0.1, -0.05) is 6.92 Å². The van der Waals surface area contributed by atoms with Crippen molar-refractivity contribution in [3.05, 3.63) is 39.7 Å². The second-order valence-electron chi connectivity index (χ2n) is 2.97. The molecule has 0 heterocycles. The van der Waals surface area contributed by atoms with E-state index in [4.69, 9.17) is 5.73 Å². The summed E-state index contributed by atoms with van der Waals surface area (Å²) in [6.07, 6.45) is 0.532. The van der Waals surface area contributed by atoms with Gasteiger partial charge in [-0.05, 0) is 18.6 Å². The number of nitro groups is 1. The Kier molecular flexibility index (Phi) is 3.14. The van der Waals surface area contributed by atoms with Crippen molar-refractivity contribution in [3.63, 3.8) is 0 Å². The lowest BCUT2D eigenvalue weighted by atomic mass is 10.0. The molecule has 0 aromatic heterocycles. The van der Waals surface area contributed by atoms with E-state index in [1.807, 2.05) is 0 Å². The van der Waals surface area contributed by atoms with Gasteiger partial charge in [0, 0.05) is 17.7 Å². The van der Waals surface area contributed by atoms with Crippen LogP contribution in [0.15, 0.2) is 18.2 Å². The first-order chi connectivity index (χ1) is 6.56. The third-order valence-corrected chi connectivity index (χ3v) is 2.03. The molecule has 0 aliphatic heterocycles. The average molecular weight is 198 g/mol. The molecule has 0 saturated heterocycles. The molecular weight excluding hydrogens is 187 g/mol. The zero-order chi connectivity index (χ0) is 10.7. The summed E-state index contributed by atoms with van der Waals surface area (Å²) in [5.74, 6) is -0.505. The molecule has 1 aromatic carbocycles. The summed E-state index contributed by atoms with van der Waals surface area (Å²) in [4.78, 5) is 10.0. The van der Waals surface area contributed by atoms with Crippen LogP contribution < -0.4 is 5.73 Å². The van der Waals surface area contributed by atoms with Crippen LogP contribution in [-0.4, -0.2) is 4.92 Å². The molecule has 1 aromatic rings. The molecule has 0 radical (unpaired) electrons. The lowest BCUT2D eigenvalue weighted by Gasteiger charge is -2.09. The number of nitrogens with zero attached hydrogens (tertiary/aromatic N) is 1. The molecule has 0 aliphatic carbocycles. The van der Waals surface area contributed by atoms with Crippen molar-refractivity contribution in [2.24, 2.45) is 5.73 Å². The number of nitro benzene ring substituents is 1. The standard InChI is InChI=1S/C9H11FN2O2/c1-2-8(11)7-5-6(10)3-4-9(7)12(13)14/h3-5,8H,2,11H2,1H3/t8-/m1/s1. The van der Waals surface area contributed by atoms with E-state index in [9.17, 15) is 14.5 Å². The van der Waals surface area contributed by atoms with Crippen molar-refractivity contribution >= 4 is 5.69 Å². The van der Waals surface area contributed by atoms with E-state index in [2.05, 4.69) is 0 Å². The van der Waals surface area contributed by atoms with E-state index >= 15 is 0 Å². The lowest BCUT2D eigenvalue weighted by Crippen LogP contribution is -2.11. The van der Waals surface area contributed by atoms with E-state index in [1.54, 1.807) is 6.92 Å². The first-order valence-electron chi connectivity index (χ1n) is 4.25. The Bertz CT molecular complexity index is 355. The number of hydrogen-bond acceptors (Lipinski definition) is 3. The maximum Gasteiger partial charge on any atom is 0.274 e. The largest absolute Gasteiger partial charge is 0.324 e. The van der Waals surface area contributed by atoms with Gasteiger partial charge in [-0.25, -0.2) is 4.39 Å². The normalized spacial score (nSPS) is 12.5. The van der Waals surface area contributed by atoms with Gasteiger partial charge in [-0.15, -0.1) is 0 Å². The van der Waals surface area contributed by atoms with Crippen molar-refractivity contribution < 1.29 is 9.31 Å². The molecule has 0 spiro atoms. The number of rotatable bonds is 3. The number of hydrogen-bond donors (Lipinski definition) is 1. The van der Waals surface area contributed by atoms with E-state index in [-0.39, 0.29) is 11.3 Å². The van der Waals surface area contributed by atoms with E-state index < -0.39 is 16.8 Å². The molecule has 76 valence electrons. The highest BCUT2D eigenvalue weighted by atomic mass is 19.1. The zero-order valence-electron chi connectivity index (χ0n) is 7.74. The lowest BCUT2D eigenvalue weighted by molar-refractivity contribution is -0.385. The monoisotopic (exact) mass is 198 g/mol. The summed E-state index contributed by atoms with van der Waals surface area (Å²) in [7, 11) is 0. The minimum absolute atomic E-state index is 0.124. The highest BCUT2D eigenvalue weighted by Gasteiger charge is 2.18. The molecule has 0 amide bonds. The van der Waals surface area contributed by atoms with Crippen molar-refractivity contribution in [2.75, 3.05) is 0 Å². The van der Waals surface area contributed by atoms with Gasteiger partial charge < -0.3 is 5.73 Å². The number of halogens is 1. The molecule has 0 saturated carbocycles. The molecule has 5 heteroatoms. The van der Waals surface area contributed by atoms with Crippen LogP contribution in [-0.2, 0) is 0 Å². The van der Waals surface area contributed by atoms with Crippen LogP contribution >= 0.6 is 0 Å². The maximum absolute atomic E-state index is 12.8. The summed E-state index contributed by atoms with van der Waals surface area (Å²) in [5.41, 5.74) is 5.75. The molecule has 0 bridgehead atoms. The SMILES string of the molecule is CC[C@@H](N)c1cc(F)ccc1[N+](=O)[O-]. The van der Waals surface area contributed by atoms with Crippen LogP contribution in [0, 0.1) is 15.9 Å². The third kappa shape index (κ3) is 2.05. The van der Waals surface area contributed by atoms with Gasteiger partial charge in [0.2, 0.25) is 0 Å². The first-order valence-corrected chi connectivity index (χ1v) is 4.25. The predicted octanol–water partition coefficient (Wildman–Crippen LogP) is 2.14. The molecule has 0 aliphatic rings. The summed E-state index contributed by atoms with van der Waals surface area (Å²) in [6, 6.07) is 2.82. The Labute approximate surface area is 80.7 Å². The Hall–Kier alpha value is -1.49. The van der Waals surface area contributed by atoms with Crippen molar-refractivity contribution in [1.29, 1.82) is 0 Å². The van der Waals surface area contributed by atoms with Crippen LogP contribution in [0.5, 0.6) is 0 Å². The molecule has 0 fully saturated rings. The fourth-order valence-electron chi connectivity index (χ4n) is 1.21. The van der Waals surface area contributed by atoms with Crippen LogP contribution in [0.4, 0.5) is 10.1 Å². The van der Waals surface area contributed by atoms with Gasteiger partial charge >= 0.3 is 0 Å². The number of nitrogens with two attached hydrogens (primary N) is 1. The summed E-state index contributed by atoms with van der Waals surface area (Å²) in [6.45, 7) is 1.79. The van der Waals surface area contributed by atoms with Crippen molar-refractivity contribution in [1.82, 2.24) is 0 Å². The van der Waals surface area contributed by atoms with E-state index in [1.165, 1.54) is 0 Å². The molecule has 1 atom stereocenters. The van der Waals surface area contributed by atoms with Gasteiger partial charge in [0.1, 0.15) is 5.82 Å². The van der Waals surface area contributed by atoms with Crippen LogP contribution in [0.25, 0.3) is 0 Å². The van der Waals surface area contributed by atoms with Gasteiger partial charge in [-0.3, -0.25) is 10.1 Å². The second-order valence-corrected chi connectivity index (χ2v) is 2.97. The van der Waals surface area contributed by atoms with Crippen LogP contribution in [0.1, 0.15) is 24.9 Å². The molecular formula is C9H11FN2O2. The minimum Gasteiger partial charge on any atom is -0.324 e. The summed E-state index contributed by atoms with van der Waals surface area (Å²) < 4.78 is 12.8. The molecule has 2 N–H and O–H groups in total. The summed E-state index contributed by atoms with van der Waals surface area (Å²) >= 11 is 0. The van der Waals surface area contributed by atoms with Gasteiger partial charge in [0.15, 0.2) is 0 Å². The summed E-state index contributed by atoms with van der Waals surface area (Å²) in [5, 5.41) is 10.6. The van der Waals surface area contributed by atoms with Crippen molar-refractivity contribution in [2.45, 2.75) is 19.4 Å². The first kappa shape index (κ1) is 10.6. The fourth-order valence-corrected chi connectivity index (χ4v) is 1.21. The third-order valence-electron chi connectivity index (χ3n) is 2.03. The van der Waals surface area contributed by atoms with E-state index in [0.717, 1.165) is 18.2 Å². The van der Waals surface area contributed by atoms with Crippen molar-refractivity contribution in [3.8, 4) is 0 Å². The topological polar surface area (TPSA) is 69.2 Å². The minimum atomic E-state index is -0.551. The predicted molar refractivity (Wildman–Crippen MR) is 50.3 cm³/mol. The van der Waals surface area contributed by atoms with Gasteiger partial charge in [0.25, 0.3) is 5.69 Å². The highest BCUT2D eigenvalue weighted by Crippen LogP contribution is 2.25. The average Bonchev–Trinajstić information content (AvgIpc) is 2.16.